The standard InChI is InChI=1S/C16H19N3O/c20-16(18-11-12-7-9-17-10-8-12)15-6-5-13-3-1-2-4-14(13)19-15/h1-6,12,17H,7-11H2,(H,18,20). The highest BCUT2D eigenvalue weighted by molar-refractivity contribution is 5.94. The SMILES string of the molecule is O=C(NCC1CCNCC1)c1ccc2ccccc2n1. The highest BCUT2D eigenvalue weighted by Crippen LogP contribution is 2.13. The van der Waals surface area contributed by atoms with Crippen molar-refractivity contribution in [3.63, 3.8) is 0 Å². The number of carbonyl (C=O) groups excluding carboxylic acids is 1. The summed E-state index contributed by atoms with van der Waals surface area (Å²) in [6, 6.07) is 11.6. The molecular formula is C16H19N3O. The zero-order valence-corrected chi connectivity index (χ0v) is 11.4. The zero-order valence-electron chi connectivity index (χ0n) is 11.4. The Balaban J connectivity index is 1.65. The molecule has 0 aliphatic carbocycles. The molecule has 0 radical (unpaired) electrons. The second-order valence-electron chi connectivity index (χ2n) is 5.29. The molecular weight excluding hydrogens is 250 g/mol. The summed E-state index contributed by atoms with van der Waals surface area (Å²) in [5.41, 5.74) is 1.36. The van der Waals surface area contributed by atoms with Gasteiger partial charge >= 0.3 is 0 Å². The number of benzene rings is 1. The van der Waals surface area contributed by atoms with Gasteiger partial charge in [0.2, 0.25) is 0 Å². The number of hydrogen-bond acceptors (Lipinski definition) is 3. The molecule has 1 amide bonds. The number of pyridine rings is 1. The molecule has 3 rings (SSSR count). The largest absolute Gasteiger partial charge is 0.350 e. The van der Waals surface area contributed by atoms with Crippen LogP contribution in [0.5, 0.6) is 0 Å². The molecule has 104 valence electrons. The topological polar surface area (TPSA) is 54.0 Å². The summed E-state index contributed by atoms with van der Waals surface area (Å²) in [4.78, 5) is 16.6. The van der Waals surface area contributed by atoms with Gasteiger partial charge in [0.1, 0.15) is 5.69 Å². The first kappa shape index (κ1) is 13.1. The Hall–Kier alpha value is -1.94. The number of hydrogen-bond donors (Lipinski definition) is 2. The molecule has 2 aromatic rings. The fourth-order valence-corrected chi connectivity index (χ4v) is 2.61. The molecule has 1 aliphatic rings. The van der Waals surface area contributed by atoms with E-state index in [2.05, 4.69) is 15.6 Å². The average Bonchev–Trinajstić information content (AvgIpc) is 2.53. The van der Waals surface area contributed by atoms with Crippen LogP contribution in [-0.2, 0) is 0 Å². The molecule has 1 fully saturated rings. The van der Waals surface area contributed by atoms with Gasteiger partial charge in [-0.1, -0.05) is 24.3 Å². The fourth-order valence-electron chi connectivity index (χ4n) is 2.61. The number of amides is 1. The molecule has 2 heterocycles. The van der Waals surface area contributed by atoms with Crippen molar-refractivity contribution in [2.75, 3.05) is 19.6 Å². The smallest absolute Gasteiger partial charge is 0.269 e. The maximum atomic E-state index is 12.1. The Morgan fingerprint density at radius 1 is 1.20 bits per heavy atom. The minimum atomic E-state index is -0.0747. The summed E-state index contributed by atoms with van der Waals surface area (Å²) in [5, 5.41) is 7.39. The van der Waals surface area contributed by atoms with Crippen molar-refractivity contribution in [1.29, 1.82) is 0 Å². The lowest BCUT2D eigenvalue weighted by Gasteiger charge is -2.22. The van der Waals surface area contributed by atoms with Crippen molar-refractivity contribution >= 4 is 16.8 Å². The number of rotatable bonds is 3. The van der Waals surface area contributed by atoms with E-state index in [4.69, 9.17) is 0 Å². The summed E-state index contributed by atoms with van der Waals surface area (Å²) in [6.07, 6.45) is 2.26. The third kappa shape index (κ3) is 2.96. The van der Waals surface area contributed by atoms with Crippen LogP contribution in [0.3, 0.4) is 0 Å². The van der Waals surface area contributed by atoms with Crippen LogP contribution in [0.1, 0.15) is 23.3 Å². The van der Waals surface area contributed by atoms with Crippen molar-refractivity contribution in [3.05, 3.63) is 42.1 Å². The monoisotopic (exact) mass is 269 g/mol. The Morgan fingerprint density at radius 2 is 2.00 bits per heavy atom. The van der Waals surface area contributed by atoms with Gasteiger partial charge in [-0.25, -0.2) is 4.98 Å². The maximum absolute atomic E-state index is 12.1. The summed E-state index contributed by atoms with van der Waals surface area (Å²) in [5.74, 6) is 0.509. The molecule has 1 saturated heterocycles. The quantitative estimate of drug-likeness (QED) is 0.895. The molecule has 1 aromatic heterocycles. The van der Waals surface area contributed by atoms with E-state index in [1.54, 1.807) is 6.07 Å². The van der Waals surface area contributed by atoms with Crippen LogP contribution in [0.4, 0.5) is 0 Å². The normalized spacial score (nSPS) is 16.2. The van der Waals surface area contributed by atoms with E-state index in [1.807, 2.05) is 30.3 Å². The third-order valence-corrected chi connectivity index (χ3v) is 3.84. The predicted octanol–water partition coefficient (Wildman–Crippen LogP) is 1.96. The van der Waals surface area contributed by atoms with Gasteiger partial charge in [-0.2, -0.15) is 0 Å². The maximum Gasteiger partial charge on any atom is 0.269 e. The van der Waals surface area contributed by atoms with Crippen LogP contribution in [0.2, 0.25) is 0 Å². The third-order valence-electron chi connectivity index (χ3n) is 3.84. The number of para-hydroxylation sites is 1. The lowest BCUT2D eigenvalue weighted by Crippen LogP contribution is -2.36. The number of aromatic nitrogens is 1. The van der Waals surface area contributed by atoms with Crippen LogP contribution < -0.4 is 10.6 Å². The summed E-state index contributed by atoms with van der Waals surface area (Å²) >= 11 is 0. The first-order valence-electron chi connectivity index (χ1n) is 7.17. The second kappa shape index (κ2) is 6.01. The molecule has 4 heteroatoms. The van der Waals surface area contributed by atoms with E-state index < -0.39 is 0 Å². The molecule has 0 unspecified atom stereocenters. The van der Waals surface area contributed by atoms with Crippen molar-refractivity contribution in [3.8, 4) is 0 Å². The lowest BCUT2D eigenvalue weighted by atomic mass is 9.98. The molecule has 2 N–H and O–H groups in total. The average molecular weight is 269 g/mol. The molecule has 1 aliphatic heterocycles. The Morgan fingerprint density at radius 3 is 2.85 bits per heavy atom. The number of fused-ring (bicyclic) bond motifs is 1. The van der Waals surface area contributed by atoms with Gasteiger partial charge in [0.25, 0.3) is 5.91 Å². The van der Waals surface area contributed by atoms with Gasteiger partial charge in [-0.3, -0.25) is 4.79 Å². The number of piperidine rings is 1. The number of nitrogens with one attached hydrogen (secondary N) is 2. The van der Waals surface area contributed by atoms with Crippen LogP contribution in [0, 0.1) is 5.92 Å². The summed E-state index contributed by atoms with van der Waals surface area (Å²) < 4.78 is 0. The molecule has 20 heavy (non-hydrogen) atoms. The fraction of sp³-hybridized carbons (Fsp3) is 0.375. The minimum Gasteiger partial charge on any atom is -0.350 e. The first-order chi connectivity index (χ1) is 9.83. The number of nitrogens with zero attached hydrogens (tertiary/aromatic N) is 1. The Kier molecular flexibility index (Phi) is 3.92. The number of carbonyl (C=O) groups is 1. The van der Waals surface area contributed by atoms with E-state index in [0.29, 0.717) is 11.6 Å². The van der Waals surface area contributed by atoms with Gasteiger partial charge < -0.3 is 10.6 Å². The van der Waals surface area contributed by atoms with Gasteiger partial charge in [-0.15, -0.1) is 0 Å². The van der Waals surface area contributed by atoms with Gasteiger partial charge in [0.05, 0.1) is 5.52 Å². The van der Waals surface area contributed by atoms with Crippen LogP contribution in [0.15, 0.2) is 36.4 Å². The molecule has 0 spiro atoms. The van der Waals surface area contributed by atoms with Crippen LogP contribution >= 0.6 is 0 Å². The summed E-state index contributed by atoms with van der Waals surface area (Å²) in [7, 11) is 0. The van der Waals surface area contributed by atoms with Crippen molar-refractivity contribution < 1.29 is 4.79 Å². The molecule has 0 saturated carbocycles. The minimum absolute atomic E-state index is 0.0747. The molecule has 1 aromatic carbocycles. The lowest BCUT2D eigenvalue weighted by molar-refractivity contribution is 0.0939. The highest BCUT2D eigenvalue weighted by atomic mass is 16.1. The zero-order chi connectivity index (χ0) is 13.8. The van der Waals surface area contributed by atoms with Crippen molar-refractivity contribution in [2.45, 2.75) is 12.8 Å². The van der Waals surface area contributed by atoms with E-state index in [0.717, 1.165) is 43.4 Å². The second-order valence-corrected chi connectivity index (χ2v) is 5.29. The van der Waals surface area contributed by atoms with E-state index in [-0.39, 0.29) is 5.91 Å². The van der Waals surface area contributed by atoms with E-state index in [1.165, 1.54) is 0 Å². The van der Waals surface area contributed by atoms with Gasteiger partial charge in [-0.05, 0) is 44.0 Å². The molecule has 0 bridgehead atoms. The predicted molar refractivity (Wildman–Crippen MR) is 79.7 cm³/mol. The first-order valence-corrected chi connectivity index (χ1v) is 7.17. The Labute approximate surface area is 118 Å². The Bertz CT molecular complexity index is 605. The van der Waals surface area contributed by atoms with E-state index >= 15 is 0 Å². The van der Waals surface area contributed by atoms with E-state index in [9.17, 15) is 4.79 Å². The van der Waals surface area contributed by atoms with Crippen LogP contribution in [0.25, 0.3) is 10.9 Å². The highest BCUT2D eigenvalue weighted by Gasteiger charge is 2.15. The van der Waals surface area contributed by atoms with Crippen molar-refractivity contribution in [2.24, 2.45) is 5.92 Å². The molecule has 4 nitrogen and oxygen atoms in total. The van der Waals surface area contributed by atoms with Gasteiger partial charge in [0, 0.05) is 11.9 Å². The van der Waals surface area contributed by atoms with Crippen LogP contribution in [-0.4, -0.2) is 30.5 Å². The summed E-state index contributed by atoms with van der Waals surface area (Å²) in [6.45, 7) is 2.85. The molecule has 0 atom stereocenters. The van der Waals surface area contributed by atoms with Gasteiger partial charge in [0.15, 0.2) is 0 Å². The van der Waals surface area contributed by atoms with Crippen molar-refractivity contribution in [1.82, 2.24) is 15.6 Å².